The molecule has 0 saturated heterocycles. The molecule has 0 aliphatic heterocycles. The van der Waals surface area contributed by atoms with E-state index in [-0.39, 0.29) is 5.91 Å². The highest BCUT2D eigenvalue weighted by atomic mass is 16.2. The first kappa shape index (κ1) is 17.5. The Bertz CT molecular complexity index is 696. The van der Waals surface area contributed by atoms with Crippen molar-refractivity contribution in [2.45, 2.75) is 32.6 Å². The Kier molecular flexibility index (Phi) is 6.37. The van der Waals surface area contributed by atoms with Crippen LogP contribution in [0.4, 0.5) is 16.2 Å². The van der Waals surface area contributed by atoms with Crippen LogP contribution in [0.5, 0.6) is 0 Å². The van der Waals surface area contributed by atoms with Crippen LogP contribution in [0.2, 0.25) is 0 Å². The van der Waals surface area contributed by atoms with E-state index in [0.29, 0.717) is 11.3 Å². The number of hydrogen-bond donors (Lipinski definition) is 3. The zero-order valence-corrected chi connectivity index (χ0v) is 13.8. The summed E-state index contributed by atoms with van der Waals surface area (Å²) in [5.41, 5.74) is 8.04. The molecule has 126 valence electrons. The Balaban J connectivity index is 1.97. The van der Waals surface area contributed by atoms with Crippen molar-refractivity contribution in [3.05, 3.63) is 59.7 Å². The van der Waals surface area contributed by atoms with Crippen molar-refractivity contribution in [2.24, 2.45) is 5.73 Å². The van der Waals surface area contributed by atoms with Gasteiger partial charge in [-0.15, -0.1) is 0 Å². The monoisotopic (exact) mass is 325 g/mol. The molecule has 4 N–H and O–H groups in total. The maximum Gasteiger partial charge on any atom is 0.316 e. The van der Waals surface area contributed by atoms with E-state index in [1.54, 1.807) is 24.3 Å². The fraction of sp³-hybridized carbons (Fsp3) is 0.263. The van der Waals surface area contributed by atoms with Gasteiger partial charge in [0.1, 0.15) is 0 Å². The number of rotatable bonds is 7. The van der Waals surface area contributed by atoms with E-state index in [2.05, 4.69) is 17.6 Å². The average Bonchev–Trinajstić information content (AvgIpc) is 2.56. The standard InChI is InChI=1S/C19H23N3O2/c1-2-3-4-6-14-9-11-16(12-10-14)21-18(23)15-7-5-8-17(13-15)22-19(20)24/h5,7-13H,2-4,6H2,1H3,(H,21,23)(H3,20,22,24). The first-order valence-electron chi connectivity index (χ1n) is 8.15. The van der Waals surface area contributed by atoms with Gasteiger partial charge in [0.05, 0.1) is 0 Å². The van der Waals surface area contributed by atoms with Crippen molar-refractivity contribution in [3.63, 3.8) is 0 Å². The normalized spacial score (nSPS) is 10.2. The SMILES string of the molecule is CCCCCc1ccc(NC(=O)c2cccc(NC(N)=O)c2)cc1. The molecule has 2 aromatic carbocycles. The molecule has 0 heterocycles. The first-order chi connectivity index (χ1) is 11.6. The summed E-state index contributed by atoms with van der Waals surface area (Å²) in [7, 11) is 0. The lowest BCUT2D eigenvalue weighted by Crippen LogP contribution is -2.19. The number of unbranched alkanes of at least 4 members (excludes halogenated alkanes) is 2. The Morgan fingerprint density at radius 1 is 0.958 bits per heavy atom. The van der Waals surface area contributed by atoms with E-state index in [1.165, 1.54) is 24.8 Å². The molecule has 0 spiro atoms. The Labute approximate surface area is 142 Å². The molecular formula is C19H23N3O2. The number of aryl methyl sites for hydroxylation is 1. The van der Waals surface area contributed by atoms with Gasteiger partial charge in [-0.2, -0.15) is 0 Å². The highest BCUT2D eigenvalue weighted by molar-refractivity contribution is 6.05. The number of nitrogens with one attached hydrogen (secondary N) is 2. The van der Waals surface area contributed by atoms with Gasteiger partial charge in [-0.3, -0.25) is 4.79 Å². The van der Waals surface area contributed by atoms with Crippen LogP contribution in [0.25, 0.3) is 0 Å². The predicted octanol–water partition coefficient (Wildman–Crippen LogP) is 4.16. The van der Waals surface area contributed by atoms with Crippen LogP contribution in [0, 0.1) is 0 Å². The second-order valence-corrected chi connectivity index (χ2v) is 5.68. The molecule has 0 aliphatic carbocycles. The third-order valence-corrected chi connectivity index (χ3v) is 3.67. The minimum atomic E-state index is -0.661. The molecule has 0 aromatic heterocycles. The second-order valence-electron chi connectivity index (χ2n) is 5.68. The zero-order chi connectivity index (χ0) is 17.4. The number of primary amides is 1. The summed E-state index contributed by atoms with van der Waals surface area (Å²) in [5.74, 6) is -0.234. The van der Waals surface area contributed by atoms with Crippen LogP contribution >= 0.6 is 0 Å². The second kappa shape index (κ2) is 8.72. The van der Waals surface area contributed by atoms with Crippen LogP contribution in [-0.4, -0.2) is 11.9 Å². The molecule has 24 heavy (non-hydrogen) atoms. The Morgan fingerprint density at radius 3 is 2.38 bits per heavy atom. The fourth-order valence-electron chi connectivity index (χ4n) is 2.42. The summed E-state index contributed by atoms with van der Waals surface area (Å²) in [6.07, 6.45) is 4.68. The molecule has 0 bridgehead atoms. The lowest BCUT2D eigenvalue weighted by molar-refractivity contribution is 0.102. The van der Waals surface area contributed by atoms with Gasteiger partial charge in [0.25, 0.3) is 5.91 Å². The summed E-state index contributed by atoms with van der Waals surface area (Å²) in [6.45, 7) is 2.19. The number of hydrogen-bond acceptors (Lipinski definition) is 2. The average molecular weight is 325 g/mol. The van der Waals surface area contributed by atoms with E-state index in [4.69, 9.17) is 5.73 Å². The largest absolute Gasteiger partial charge is 0.351 e. The molecule has 0 saturated carbocycles. The Morgan fingerprint density at radius 2 is 1.71 bits per heavy atom. The summed E-state index contributed by atoms with van der Waals surface area (Å²) in [6, 6.07) is 13.9. The number of urea groups is 1. The molecule has 0 aliphatic rings. The van der Waals surface area contributed by atoms with Gasteiger partial charge in [0, 0.05) is 16.9 Å². The number of nitrogens with two attached hydrogens (primary N) is 1. The number of benzene rings is 2. The number of carbonyl (C=O) groups is 2. The smallest absolute Gasteiger partial charge is 0.316 e. The molecule has 2 rings (SSSR count). The summed E-state index contributed by atoms with van der Waals surface area (Å²) < 4.78 is 0. The molecule has 0 fully saturated rings. The minimum absolute atomic E-state index is 0.234. The van der Waals surface area contributed by atoms with Crippen molar-refractivity contribution >= 4 is 23.3 Å². The van der Waals surface area contributed by atoms with Gasteiger partial charge in [0.2, 0.25) is 0 Å². The van der Waals surface area contributed by atoms with Gasteiger partial charge in [-0.05, 0) is 48.7 Å². The lowest BCUT2D eigenvalue weighted by atomic mass is 10.1. The fourth-order valence-corrected chi connectivity index (χ4v) is 2.42. The number of anilines is 2. The highest BCUT2D eigenvalue weighted by Crippen LogP contribution is 2.15. The number of amides is 3. The van der Waals surface area contributed by atoms with Crippen LogP contribution in [0.15, 0.2) is 48.5 Å². The zero-order valence-electron chi connectivity index (χ0n) is 13.8. The van der Waals surface area contributed by atoms with Crippen LogP contribution < -0.4 is 16.4 Å². The maximum absolute atomic E-state index is 12.3. The third-order valence-electron chi connectivity index (χ3n) is 3.67. The van der Waals surface area contributed by atoms with E-state index in [0.717, 1.165) is 12.1 Å². The van der Waals surface area contributed by atoms with Gasteiger partial charge >= 0.3 is 6.03 Å². The molecule has 2 aromatic rings. The van der Waals surface area contributed by atoms with Crippen LogP contribution in [0.1, 0.15) is 42.1 Å². The Hall–Kier alpha value is -2.82. The van der Waals surface area contributed by atoms with Gasteiger partial charge in [0.15, 0.2) is 0 Å². The predicted molar refractivity (Wildman–Crippen MR) is 97.3 cm³/mol. The topological polar surface area (TPSA) is 84.2 Å². The van der Waals surface area contributed by atoms with E-state index in [1.807, 2.05) is 24.3 Å². The summed E-state index contributed by atoms with van der Waals surface area (Å²) in [5, 5.41) is 5.30. The minimum Gasteiger partial charge on any atom is -0.351 e. The lowest BCUT2D eigenvalue weighted by Gasteiger charge is -2.08. The molecule has 0 unspecified atom stereocenters. The van der Waals surface area contributed by atoms with Gasteiger partial charge < -0.3 is 16.4 Å². The molecule has 0 radical (unpaired) electrons. The first-order valence-corrected chi connectivity index (χ1v) is 8.15. The molecule has 0 atom stereocenters. The van der Waals surface area contributed by atoms with Crippen molar-refractivity contribution in [3.8, 4) is 0 Å². The van der Waals surface area contributed by atoms with Crippen molar-refractivity contribution in [1.29, 1.82) is 0 Å². The molecule has 3 amide bonds. The molecule has 5 heteroatoms. The summed E-state index contributed by atoms with van der Waals surface area (Å²) >= 11 is 0. The van der Waals surface area contributed by atoms with Crippen molar-refractivity contribution in [2.75, 3.05) is 10.6 Å². The number of carbonyl (C=O) groups excluding carboxylic acids is 2. The van der Waals surface area contributed by atoms with Crippen LogP contribution in [-0.2, 0) is 6.42 Å². The molecular weight excluding hydrogens is 302 g/mol. The van der Waals surface area contributed by atoms with Crippen molar-refractivity contribution < 1.29 is 9.59 Å². The summed E-state index contributed by atoms with van der Waals surface area (Å²) in [4.78, 5) is 23.2. The van der Waals surface area contributed by atoms with E-state index in [9.17, 15) is 9.59 Å². The van der Waals surface area contributed by atoms with Gasteiger partial charge in [-0.1, -0.05) is 38.0 Å². The third kappa shape index (κ3) is 5.43. The van der Waals surface area contributed by atoms with E-state index < -0.39 is 6.03 Å². The maximum atomic E-state index is 12.3. The van der Waals surface area contributed by atoms with Crippen molar-refractivity contribution in [1.82, 2.24) is 0 Å². The molecule has 5 nitrogen and oxygen atoms in total. The highest BCUT2D eigenvalue weighted by Gasteiger charge is 2.07. The van der Waals surface area contributed by atoms with E-state index >= 15 is 0 Å². The van der Waals surface area contributed by atoms with Crippen LogP contribution in [0.3, 0.4) is 0 Å². The quantitative estimate of drug-likeness (QED) is 0.668. The van der Waals surface area contributed by atoms with Gasteiger partial charge in [-0.25, -0.2) is 4.79 Å².